The molecule has 1 fully saturated rings. The summed E-state index contributed by atoms with van der Waals surface area (Å²) in [5, 5.41) is 0. The highest BCUT2D eigenvalue weighted by molar-refractivity contribution is 5.96. The molecule has 0 atom stereocenters. The second kappa shape index (κ2) is 10.6. The fourth-order valence-electron chi connectivity index (χ4n) is 3.55. The number of hydrogen-bond donors (Lipinski definition) is 0. The van der Waals surface area contributed by atoms with E-state index in [0.717, 1.165) is 44.9 Å². The van der Waals surface area contributed by atoms with E-state index >= 15 is 0 Å². The van der Waals surface area contributed by atoms with Gasteiger partial charge < -0.3 is 39.2 Å². The average Bonchev–Trinajstić information content (AvgIpc) is 3.17. The lowest BCUT2D eigenvalue weighted by atomic mass is 10.1. The second-order valence-corrected chi connectivity index (χ2v) is 6.76. The summed E-state index contributed by atoms with van der Waals surface area (Å²) in [7, 11) is 0. The zero-order chi connectivity index (χ0) is 17.8. The van der Waals surface area contributed by atoms with Crippen LogP contribution in [0.25, 0.3) is 0 Å². The van der Waals surface area contributed by atoms with Crippen molar-refractivity contribution in [3.8, 4) is 11.5 Å². The SMILES string of the molecule is O=C(CCCN1CCN(c2ccccc2)CC1)c1ccc2c(c1)OCO2.[Cl-].[Cl-]. The third-order valence-corrected chi connectivity index (χ3v) is 5.07. The van der Waals surface area contributed by atoms with E-state index in [4.69, 9.17) is 9.47 Å². The monoisotopic (exact) mass is 422 g/mol. The molecule has 0 radical (unpaired) electrons. The number of ketones is 1. The lowest BCUT2D eigenvalue weighted by molar-refractivity contribution is -0.001000. The van der Waals surface area contributed by atoms with Gasteiger partial charge in [0.2, 0.25) is 6.79 Å². The molecule has 2 aliphatic rings. The molecule has 0 amide bonds. The Bertz CT molecular complexity index is 766. The van der Waals surface area contributed by atoms with Gasteiger partial charge in [-0.2, -0.15) is 0 Å². The Morgan fingerprint density at radius 3 is 2.36 bits per heavy atom. The van der Waals surface area contributed by atoms with E-state index < -0.39 is 0 Å². The van der Waals surface area contributed by atoms with Gasteiger partial charge in [-0.1, -0.05) is 18.2 Å². The van der Waals surface area contributed by atoms with Crippen LogP contribution in [0.15, 0.2) is 48.5 Å². The maximum atomic E-state index is 12.4. The van der Waals surface area contributed by atoms with Crippen molar-refractivity contribution >= 4 is 11.5 Å². The van der Waals surface area contributed by atoms with Crippen LogP contribution in [-0.4, -0.2) is 50.2 Å². The predicted molar refractivity (Wildman–Crippen MR) is 101 cm³/mol. The summed E-state index contributed by atoms with van der Waals surface area (Å²) in [6.07, 6.45) is 1.46. The van der Waals surface area contributed by atoms with E-state index in [1.165, 1.54) is 5.69 Å². The largest absolute Gasteiger partial charge is 1.00 e. The molecule has 1 saturated heterocycles. The van der Waals surface area contributed by atoms with E-state index in [2.05, 4.69) is 40.1 Å². The van der Waals surface area contributed by atoms with Crippen LogP contribution in [0.2, 0.25) is 0 Å². The molecular weight excluding hydrogens is 399 g/mol. The Kier molecular flexibility index (Phi) is 8.42. The minimum Gasteiger partial charge on any atom is -1.00 e. The second-order valence-electron chi connectivity index (χ2n) is 6.76. The Morgan fingerprint density at radius 1 is 0.893 bits per heavy atom. The number of benzene rings is 2. The third-order valence-electron chi connectivity index (χ3n) is 5.07. The van der Waals surface area contributed by atoms with Crippen LogP contribution in [0.5, 0.6) is 11.5 Å². The molecule has 28 heavy (non-hydrogen) atoms. The van der Waals surface area contributed by atoms with E-state index in [-0.39, 0.29) is 37.4 Å². The molecular formula is C21H24Cl2N2O3-2. The number of hydrogen-bond acceptors (Lipinski definition) is 5. The standard InChI is InChI=1S/C21H24N2O3.2ClH/c24-19(17-8-9-20-21(15-17)26-16-25-20)7-4-10-22-11-13-23(14-12-22)18-5-2-1-3-6-18;;/h1-3,5-6,8-9,15H,4,7,10-14,16H2;2*1H/p-2. The number of Topliss-reactive ketones (excluding diaryl/α,β-unsaturated/α-hetero) is 1. The number of para-hydroxylation sites is 1. The molecule has 4 rings (SSSR count). The Morgan fingerprint density at radius 2 is 1.61 bits per heavy atom. The number of carbonyl (C=O) groups excluding carboxylic acids is 1. The van der Waals surface area contributed by atoms with Gasteiger partial charge in [-0.15, -0.1) is 0 Å². The number of carbonyl (C=O) groups is 1. The van der Waals surface area contributed by atoms with Crippen molar-refractivity contribution in [3.05, 3.63) is 54.1 Å². The predicted octanol–water partition coefficient (Wildman–Crippen LogP) is -2.79. The number of piperazine rings is 1. The molecule has 5 nitrogen and oxygen atoms in total. The molecule has 0 aromatic heterocycles. The van der Waals surface area contributed by atoms with Gasteiger partial charge in [-0.05, 0) is 43.3 Å². The molecule has 0 N–H and O–H groups in total. The summed E-state index contributed by atoms with van der Waals surface area (Å²) in [5.41, 5.74) is 2.01. The van der Waals surface area contributed by atoms with Crippen LogP contribution in [0.1, 0.15) is 23.2 Å². The summed E-state index contributed by atoms with van der Waals surface area (Å²) in [6, 6.07) is 16.0. The van der Waals surface area contributed by atoms with Crippen molar-refractivity contribution in [2.24, 2.45) is 0 Å². The molecule has 152 valence electrons. The van der Waals surface area contributed by atoms with Crippen molar-refractivity contribution in [2.75, 3.05) is 44.4 Å². The highest BCUT2D eigenvalue weighted by Crippen LogP contribution is 2.32. The van der Waals surface area contributed by atoms with Crippen molar-refractivity contribution in [1.29, 1.82) is 0 Å². The van der Waals surface area contributed by atoms with Gasteiger partial charge in [-0.25, -0.2) is 0 Å². The normalized spacial score (nSPS) is 15.5. The first-order valence-corrected chi connectivity index (χ1v) is 9.25. The minimum atomic E-state index is 0. The summed E-state index contributed by atoms with van der Waals surface area (Å²) in [5.74, 6) is 1.57. The van der Waals surface area contributed by atoms with Gasteiger partial charge in [0.15, 0.2) is 17.3 Å². The summed E-state index contributed by atoms with van der Waals surface area (Å²) < 4.78 is 10.6. The minimum absolute atomic E-state index is 0. The van der Waals surface area contributed by atoms with Crippen LogP contribution in [0.3, 0.4) is 0 Å². The van der Waals surface area contributed by atoms with Gasteiger partial charge in [0, 0.05) is 43.9 Å². The first-order valence-electron chi connectivity index (χ1n) is 9.25. The number of anilines is 1. The summed E-state index contributed by atoms with van der Waals surface area (Å²) in [4.78, 5) is 17.3. The van der Waals surface area contributed by atoms with Crippen LogP contribution in [-0.2, 0) is 0 Å². The first kappa shape index (κ1) is 22.3. The highest BCUT2D eigenvalue weighted by atomic mass is 35.5. The zero-order valence-corrected chi connectivity index (χ0v) is 17.2. The third kappa shape index (κ3) is 5.31. The maximum Gasteiger partial charge on any atom is 0.231 e. The first-order chi connectivity index (χ1) is 12.8. The number of nitrogens with zero attached hydrogens (tertiary/aromatic N) is 2. The zero-order valence-electron chi connectivity index (χ0n) is 15.7. The molecule has 0 bridgehead atoms. The average molecular weight is 423 g/mol. The molecule has 2 heterocycles. The molecule has 0 saturated carbocycles. The fourth-order valence-corrected chi connectivity index (χ4v) is 3.55. The van der Waals surface area contributed by atoms with Crippen molar-refractivity contribution < 1.29 is 39.1 Å². The topological polar surface area (TPSA) is 42.0 Å². The molecule has 7 heteroatoms. The number of ether oxygens (including phenoxy) is 2. The Labute approximate surface area is 178 Å². The van der Waals surface area contributed by atoms with Gasteiger partial charge >= 0.3 is 0 Å². The van der Waals surface area contributed by atoms with E-state index in [1.807, 2.05) is 12.1 Å². The van der Waals surface area contributed by atoms with Crippen molar-refractivity contribution in [1.82, 2.24) is 4.90 Å². The lowest BCUT2D eigenvalue weighted by Crippen LogP contribution is -3.00. The molecule has 2 aromatic carbocycles. The van der Waals surface area contributed by atoms with Gasteiger partial charge in [0.05, 0.1) is 0 Å². The van der Waals surface area contributed by atoms with Crippen molar-refractivity contribution in [2.45, 2.75) is 12.8 Å². The summed E-state index contributed by atoms with van der Waals surface area (Å²) >= 11 is 0. The van der Waals surface area contributed by atoms with Crippen LogP contribution < -0.4 is 39.2 Å². The van der Waals surface area contributed by atoms with Crippen LogP contribution >= 0.6 is 0 Å². The number of rotatable bonds is 6. The van der Waals surface area contributed by atoms with Gasteiger partial charge in [0.25, 0.3) is 0 Å². The van der Waals surface area contributed by atoms with E-state index in [0.29, 0.717) is 17.7 Å². The van der Waals surface area contributed by atoms with Gasteiger partial charge in [0.1, 0.15) is 0 Å². The lowest BCUT2D eigenvalue weighted by Gasteiger charge is -2.36. The number of halogens is 2. The Hall–Kier alpha value is -1.95. The molecule has 2 aliphatic heterocycles. The molecule has 0 unspecified atom stereocenters. The highest BCUT2D eigenvalue weighted by Gasteiger charge is 2.18. The van der Waals surface area contributed by atoms with E-state index in [9.17, 15) is 4.79 Å². The quantitative estimate of drug-likeness (QED) is 0.470. The maximum absolute atomic E-state index is 12.4. The summed E-state index contributed by atoms with van der Waals surface area (Å²) in [6.45, 7) is 5.39. The van der Waals surface area contributed by atoms with Crippen molar-refractivity contribution in [3.63, 3.8) is 0 Å². The van der Waals surface area contributed by atoms with Crippen LogP contribution in [0, 0.1) is 0 Å². The molecule has 0 spiro atoms. The number of fused-ring (bicyclic) bond motifs is 1. The van der Waals surface area contributed by atoms with Crippen LogP contribution in [0.4, 0.5) is 5.69 Å². The smallest absolute Gasteiger partial charge is 0.231 e. The molecule has 0 aliphatic carbocycles. The molecule has 2 aromatic rings. The fraction of sp³-hybridized carbons (Fsp3) is 0.381. The Balaban J connectivity index is 0.00000140. The van der Waals surface area contributed by atoms with E-state index in [1.54, 1.807) is 6.07 Å². The van der Waals surface area contributed by atoms with Gasteiger partial charge in [-0.3, -0.25) is 9.69 Å².